The fraction of sp³-hybridized carbons (Fsp3) is 0.548. The van der Waals surface area contributed by atoms with Gasteiger partial charge in [-0.05, 0) is 50.6 Å². The van der Waals surface area contributed by atoms with Crippen LogP contribution in [0.3, 0.4) is 0 Å². The van der Waals surface area contributed by atoms with Crippen molar-refractivity contribution in [3.63, 3.8) is 0 Å². The number of H-pyrrole nitrogens is 1. The summed E-state index contributed by atoms with van der Waals surface area (Å²) in [7, 11) is 2.10. The number of β-amino-alcohol motifs (C(OH)–C–C–N with tert-alkyl or cyclic N) is 1. The molecule has 4 heterocycles. The maximum atomic E-state index is 11.7. The summed E-state index contributed by atoms with van der Waals surface area (Å²) in [5.41, 5.74) is 15.3. The maximum absolute atomic E-state index is 11.7. The van der Waals surface area contributed by atoms with Gasteiger partial charge < -0.3 is 31.4 Å². The average Bonchev–Trinajstić information content (AvgIpc) is 3.41. The minimum Gasteiger partial charge on any atom is -0.389 e. The van der Waals surface area contributed by atoms with Gasteiger partial charge >= 0.3 is 0 Å². The summed E-state index contributed by atoms with van der Waals surface area (Å²) in [6.45, 7) is 9.12. The van der Waals surface area contributed by atoms with E-state index in [2.05, 4.69) is 21.9 Å². The van der Waals surface area contributed by atoms with Crippen LogP contribution >= 0.6 is 11.8 Å². The molecule has 0 radical (unpaired) electrons. The second kappa shape index (κ2) is 15.9. The lowest BCUT2D eigenvalue weighted by molar-refractivity contribution is -0.146. The molecule has 1 saturated carbocycles. The third kappa shape index (κ3) is 9.17. The Morgan fingerprint density at radius 2 is 1.74 bits per heavy atom. The van der Waals surface area contributed by atoms with Crippen LogP contribution in [0, 0.1) is 12.8 Å². The number of fused-ring (bicyclic) bond motifs is 1. The number of primary amides is 2. The number of thioether (sulfide) groups is 1. The predicted molar refractivity (Wildman–Crippen MR) is 170 cm³/mol. The van der Waals surface area contributed by atoms with Crippen LogP contribution in [0.1, 0.15) is 68.4 Å². The number of nitrogens with two attached hydrogens (primary N) is 2. The van der Waals surface area contributed by atoms with Crippen molar-refractivity contribution >= 4 is 45.4 Å². The first-order valence-corrected chi connectivity index (χ1v) is 15.9. The Kier molecular flexibility index (Phi) is 12.6. The topological polar surface area (TPSA) is 158 Å². The molecule has 10 nitrogen and oxygen atoms in total. The van der Waals surface area contributed by atoms with Crippen LogP contribution in [0.15, 0.2) is 40.5 Å². The van der Waals surface area contributed by atoms with E-state index in [-0.39, 0.29) is 17.9 Å². The minimum atomic E-state index is -0.422. The summed E-state index contributed by atoms with van der Waals surface area (Å²) < 4.78 is 0. The first kappa shape index (κ1) is 33.4. The van der Waals surface area contributed by atoms with Gasteiger partial charge in [-0.2, -0.15) is 0 Å². The van der Waals surface area contributed by atoms with Crippen LogP contribution in [-0.2, 0) is 9.59 Å². The molecule has 0 bridgehead atoms. The first-order chi connectivity index (χ1) is 20.1. The fourth-order valence-electron chi connectivity index (χ4n) is 5.30. The second-order valence-electron chi connectivity index (χ2n) is 11.0. The lowest BCUT2D eigenvalue weighted by Gasteiger charge is -2.38. The number of aliphatic hydroxyl groups excluding tert-OH is 1. The number of carbonyl (C=O) groups excluding carboxylic acids is 3. The highest BCUT2D eigenvalue weighted by Gasteiger charge is 2.33. The molecule has 2 aromatic rings. The number of amides is 3. The van der Waals surface area contributed by atoms with Crippen molar-refractivity contribution in [1.82, 2.24) is 14.8 Å². The van der Waals surface area contributed by atoms with Crippen LogP contribution in [0.5, 0.6) is 0 Å². The number of aliphatic hydroxyl groups is 1. The van der Waals surface area contributed by atoms with Crippen LogP contribution in [0.25, 0.3) is 10.9 Å². The van der Waals surface area contributed by atoms with E-state index < -0.39 is 11.8 Å². The molecule has 230 valence electrons. The van der Waals surface area contributed by atoms with E-state index >= 15 is 0 Å². The van der Waals surface area contributed by atoms with Gasteiger partial charge in [-0.15, -0.1) is 0 Å². The number of benzene rings is 1. The molecule has 1 aliphatic carbocycles. The molecule has 3 amide bonds. The Labute approximate surface area is 253 Å². The van der Waals surface area contributed by atoms with Gasteiger partial charge in [0.15, 0.2) is 5.04 Å². The Balaban J connectivity index is 0.000000168. The molecule has 1 aromatic carbocycles. The molecule has 1 saturated heterocycles. The highest BCUT2D eigenvalue weighted by Crippen LogP contribution is 2.28. The number of hydrogen-bond donors (Lipinski definition) is 4. The molecule has 42 heavy (non-hydrogen) atoms. The van der Waals surface area contributed by atoms with Crippen LogP contribution in [0.4, 0.5) is 0 Å². The highest BCUT2D eigenvalue weighted by atomic mass is 32.2. The van der Waals surface area contributed by atoms with Gasteiger partial charge in [0, 0.05) is 60.9 Å². The van der Waals surface area contributed by atoms with E-state index in [0.717, 1.165) is 54.7 Å². The molecular formula is C31H46N6O4S. The lowest BCUT2D eigenvalue weighted by Crippen LogP contribution is -2.55. The van der Waals surface area contributed by atoms with Crippen molar-refractivity contribution in [1.29, 1.82) is 0 Å². The Morgan fingerprint density at radius 3 is 2.36 bits per heavy atom. The third-order valence-corrected chi connectivity index (χ3v) is 8.66. The number of aromatic nitrogens is 1. The number of rotatable bonds is 3. The number of nitrogens with one attached hydrogen (secondary N) is 1. The van der Waals surface area contributed by atoms with Crippen LogP contribution < -0.4 is 11.5 Å². The largest absolute Gasteiger partial charge is 0.389 e. The standard InChI is InChI=1S/C10H10N2O.C10H17NO2.C9H13N3OS.C2H6/c1-6-2-3-8-7(4-6)5-9(12-8)10(11)13;12-9-6-11(7-9)10(13)8-4-2-1-3-5-8;1-12-3-2-7-6(4-12)5-14-9(11-7)8(10)13;1-2/h2-5,12H,1H3,(H2,11,13);8-9,12H,1-7H2;2-5H2,1H3,(H2,10,13);1-2H3. The Hall–Kier alpha value is -3.15. The molecule has 2 fully saturated rings. The van der Waals surface area contributed by atoms with Gasteiger partial charge in [-0.3, -0.25) is 14.4 Å². The van der Waals surface area contributed by atoms with Crippen molar-refractivity contribution in [3.05, 3.63) is 46.8 Å². The van der Waals surface area contributed by atoms with Gasteiger partial charge in [-0.25, -0.2) is 4.99 Å². The summed E-state index contributed by atoms with van der Waals surface area (Å²) in [6.07, 6.45) is 6.49. The summed E-state index contributed by atoms with van der Waals surface area (Å²) >= 11 is 1.45. The van der Waals surface area contributed by atoms with E-state index in [4.69, 9.17) is 16.6 Å². The molecule has 6 N–H and O–H groups in total. The number of aromatic amines is 1. The normalized spacial score (nSPS) is 19.1. The molecule has 11 heteroatoms. The van der Waals surface area contributed by atoms with Gasteiger partial charge in [0.1, 0.15) is 5.69 Å². The van der Waals surface area contributed by atoms with E-state index in [1.165, 1.54) is 42.2 Å². The van der Waals surface area contributed by atoms with Crippen molar-refractivity contribution in [2.45, 2.75) is 65.4 Å². The number of nitrogens with zero attached hydrogens (tertiary/aromatic N) is 3. The highest BCUT2D eigenvalue weighted by molar-refractivity contribution is 8.15. The smallest absolute Gasteiger partial charge is 0.273 e. The zero-order valence-corrected chi connectivity index (χ0v) is 26.1. The zero-order chi connectivity index (χ0) is 30.8. The van der Waals surface area contributed by atoms with Gasteiger partial charge in [0.25, 0.3) is 11.8 Å². The number of hydrogen-bond acceptors (Lipinski definition) is 7. The number of aliphatic imine (C=N–C) groups is 1. The van der Waals surface area contributed by atoms with Gasteiger partial charge in [0.05, 0.1) is 6.10 Å². The average molecular weight is 599 g/mol. The fourth-order valence-corrected chi connectivity index (χ4v) is 6.18. The number of aryl methyl sites for hydroxylation is 1. The molecule has 6 rings (SSSR count). The lowest BCUT2D eigenvalue weighted by atomic mass is 9.87. The van der Waals surface area contributed by atoms with Gasteiger partial charge in [-0.1, -0.05) is 56.5 Å². The Bertz CT molecular complexity index is 1310. The maximum Gasteiger partial charge on any atom is 0.273 e. The van der Waals surface area contributed by atoms with Crippen molar-refractivity contribution in [3.8, 4) is 0 Å². The molecule has 0 unspecified atom stereocenters. The van der Waals surface area contributed by atoms with E-state index in [0.29, 0.717) is 23.8 Å². The van der Waals surface area contributed by atoms with E-state index in [9.17, 15) is 14.4 Å². The predicted octanol–water partition coefficient (Wildman–Crippen LogP) is 3.58. The minimum absolute atomic E-state index is 0.257. The van der Waals surface area contributed by atoms with Crippen LogP contribution in [0.2, 0.25) is 0 Å². The van der Waals surface area contributed by atoms with Crippen molar-refractivity contribution < 1.29 is 19.5 Å². The SMILES string of the molecule is CC.CN1CCC2=C(CSC(C(N)=O)=N2)C1.Cc1ccc2[nH]c(C(N)=O)cc2c1.O=C(C1CCCCC1)N1CC(O)C1. The van der Waals surface area contributed by atoms with E-state index in [1.807, 2.05) is 39.0 Å². The monoisotopic (exact) mass is 598 g/mol. The number of likely N-dealkylation sites (tertiary alicyclic amines) is 1. The number of likely N-dealkylation sites (N-methyl/N-ethyl adjacent to an activating group) is 1. The molecule has 3 aliphatic heterocycles. The summed E-state index contributed by atoms with van der Waals surface area (Å²) in [5.74, 6) is 0.585. The molecular weight excluding hydrogens is 552 g/mol. The van der Waals surface area contributed by atoms with Gasteiger partial charge in [0.2, 0.25) is 5.91 Å². The summed E-state index contributed by atoms with van der Waals surface area (Å²) in [4.78, 5) is 44.8. The Morgan fingerprint density at radius 1 is 1.05 bits per heavy atom. The molecule has 1 aromatic heterocycles. The van der Waals surface area contributed by atoms with Crippen molar-refractivity contribution in [2.24, 2.45) is 22.4 Å². The second-order valence-corrected chi connectivity index (χ2v) is 11.9. The van der Waals surface area contributed by atoms with E-state index in [1.54, 1.807) is 11.0 Å². The molecule has 0 spiro atoms. The number of carbonyl (C=O) groups is 3. The molecule has 0 atom stereocenters. The summed E-state index contributed by atoms with van der Waals surface area (Å²) in [5, 5.41) is 10.6. The zero-order valence-electron chi connectivity index (χ0n) is 25.3. The summed E-state index contributed by atoms with van der Waals surface area (Å²) in [6, 6.07) is 7.71. The van der Waals surface area contributed by atoms with Crippen molar-refractivity contribution in [2.75, 3.05) is 39.0 Å². The van der Waals surface area contributed by atoms with Crippen LogP contribution in [-0.4, -0.2) is 87.7 Å². The molecule has 4 aliphatic rings. The first-order valence-electron chi connectivity index (χ1n) is 14.9. The quantitative estimate of drug-likeness (QED) is 0.423. The third-order valence-electron chi connectivity index (χ3n) is 7.60.